The summed E-state index contributed by atoms with van der Waals surface area (Å²) in [4.78, 5) is 25.5. The van der Waals surface area contributed by atoms with Crippen molar-refractivity contribution in [3.63, 3.8) is 0 Å². The number of likely N-dealkylation sites (tertiary alicyclic amines) is 1. The minimum Gasteiger partial charge on any atom is -0.354 e. The Bertz CT molecular complexity index is 533. The second-order valence-electron chi connectivity index (χ2n) is 5.73. The zero-order valence-electron chi connectivity index (χ0n) is 13.0. The smallest absolute Gasteiger partial charge is 0.222 e. The molecule has 0 bridgehead atoms. The number of amides is 2. The van der Waals surface area contributed by atoms with Gasteiger partial charge >= 0.3 is 0 Å². The minimum absolute atomic E-state index is 0.00149. The van der Waals surface area contributed by atoms with Crippen LogP contribution in [0.3, 0.4) is 0 Å². The SMILES string of the molecule is CCCC(=O)NC[C@@H](Cc1cccc(F)c1)N1CCCC1=O. The highest BCUT2D eigenvalue weighted by Crippen LogP contribution is 2.17. The van der Waals surface area contributed by atoms with Crippen molar-refractivity contribution in [3.8, 4) is 0 Å². The molecule has 120 valence electrons. The molecule has 0 saturated carbocycles. The maximum Gasteiger partial charge on any atom is 0.222 e. The zero-order chi connectivity index (χ0) is 15.9. The van der Waals surface area contributed by atoms with Crippen LogP contribution in [0.1, 0.15) is 38.2 Å². The lowest BCUT2D eigenvalue weighted by atomic mass is 10.0. The molecule has 0 radical (unpaired) electrons. The zero-order valence-corrected chi connectivity index (χ0v) is 13.0. The summed E-state index contributed by atoms with van der Waals surface area (Å²) in [5, 5.41) is 2.89. The molecule has 1 atom stereocenters. The molecule has 1 saturated heterocycles. The molecule has 0 unspecified atom stereocenters. The summed E-state index contributed by atoms with van der Waals surface area (Å²) in [6.45, 7) is 3.08. The van der Waals surface area contributed by atoms with Gasteiger partial charge < -0.3 is 10.2 Å². The van der Waals surface area contributed by atoms with E-state index in [1.165, 1.54) is 12.1 Å². The number of hydrogen-bond acceptors (Lipinski definition) is 2. The van der Waals surface area contributed by atoms with Crippen LogP contribution in [0.15, 0.2) is 24.3 Å². The van der Waals surface area contributed by atoms with E-state index in [1.54, 1.807) is 6.07 Å². The number of carbonyl (C=O) groups excluding carboxylic acids is 2. The highest BCUT2D eigenvalue weighted by Gasteiger charge is 2.28. The molecule has 22 heavy (non-hydrogen) atoms. The summed E-state index contributed by atoms with van der Waals surface area (Å²) in [5.74, 6) is -0.163. The lowest BCUT2D eigenvalue weighted by Gasteiger charge is -2.28. The van der Waals surface area contributed by atoms with Crippen molar-refractivity contribution >= 4 is 11.8 Å². The standard InChI is InChI=1S/C17H23FN2O2/c1-2-5-16(21)19-12-15(20-9-4-8-17(20)22)11-13-6-3-7-14(18)10-13/h3,6-7,10,15H,2,4-5,8-9,11-12H2,1H3,(H,19,21)/t15-/m1/s1. The van der Waals surface area contributed by atoms with E-state index in [-0.39, 0.29) is 23.7 Å². The van der Waals surface area contributed by atoms with E-state index in [4.69, 9.17) is 0 Å². The number of hydrogen-bond donors (Lipinski definition) is 1. The van der Waals surface area contributed by atoms with Gasteiger partial charge in [0.15, 0.2) is 0 Å². The first-order chi connectivity index (χ1) is 10.6. The molecule has 1 N–H and O–H groups in total. The Kier molecular flexibility index (Phi) is 5.92. The van der Waals surface area contributed by atoms with Crippen LogP contribution in [0, 0.1) is 5.82 Å². The topological polar surface area (TPSA) is 49.4 Å². The molecular formula is C17H23FN2O2. The van der Waals surface area contributed by atoms with Crippen LogP contribution in [-0.2, 0) is 16.0 Å². The normalized spacial score (nSPS) is 15.9. The van der Waals surface area contributed by atoms with Crippen molar-refractivity contribution in [2.75, 3.05) is 13.1 Å². The van der Waals surface area contributed by atoms with Gasteiger partial charge in [-0.15, -0.1) is 0 Å². The molecule has 1 aliphatic heterocycles. The van der Waals surface area contributed by atoms with E-state index in [9.17, 15) is 14.0 Å². The van der Waals surface area contributed by atoms with Crippen molar-refractivity contribution < 1.29 is 14.0 Å². The first-order valence-corrected chi connectivity index (χ1v) is 7.90. The molecule has 2 rings (SSSR count). The van der Waals surface area contributed by atoms with Gasteiger partial charge in [-0.25, -0.2) is 4.39 Å². The number of benzene rings is 1. The van der Waals surface area contributed by atoms with Crippen LogP contribution in [0.2, 0.25) is 0 Å². The maximum atomic E-state index is 13.3. The molecule has 0 aromatic heterocycles. The van der Waals surface area contributed by atoms with Crippen LogP contribution >= 0.6 is 0 Å². The fraction of sp³-hybridized carbons (Fsp3) is 0.529. The third-order valence-electron chi connectivity index (χ3n) is 3.92. The second kappa shape index (κ2) is 7.92. The largest absolute Gasteiger partial charge is 0.354 e. The van der Waals surface area contributed by atoms with E-state index >= 15 is 0 Å². The number of nitrogens with one attached hydrogen (secondary N) is 1. The molecule has 1 aromatic rings. The molecule has 5 heteroatoms. The monoisotopic (exact) mass is 306 g/mol. The number of rotatable bonds is 7. The summed E-state index contributed by atoms with van der Waals surface area (Å²) in [5.41, 5.74) is 0.842. The molecule has 0 spiro atoms. The van der Waals surface area contributed by atoms with Crippen LogP contribution < -0.4 is 5.32 Å². The average Bonchev–Trinajstić information content (AvgIpc) is 2.90. The van der Waals surface area contributed by atoms with Gasteiger partial charge in [0, 0.05) is 25.9 Å². The summed E-state index contributed by atoms with van der Waals surface area (Å²) in [6.07, 6.45) is 3.24. The molecular weight excluding hydrogens is 283 g/mol. The Labute approximate surface area is 130 Å². The van der Waals surface area contributed by atoms with Gasteiger partial charge in [0.2, 0.25) is 11.8 Å². The summed E-state index contributed by atoms with van der Waals surface area (Å²) in [6, 6.07) is 6.30. The molecule has 1 aliphatic rings. The van der Waals surface area contributed by atoms with Gasteiger partial charge in [-0.05, 0) is 37.0 Å². The van der Waals surface area contributed by atoms with E-state index < -0.39 is 0 Å². The molecule has 1 fully saturated rings. The van der Waals surface area contributed by atoms with Crippen LogP contribution in [0.25, 0.3) is 0 Å². The average molecular weight is 306 g/mol. The highest BCUT2D eigenvalue weighted by molar-refractivity contribution is 5.79. The maximum absolute atomic E-state index is 13.3. The molecule has 2 amide bonds. The summed E-state index contributed by atoms with van der Waals surface area (Å²) in [7, 11) is 0. The second-order valence-corrected chi connectivity index (χ2v) is 5.73. The molecule has 1 aromatic carbocycles. The number of carbonyl (C=O) groups is 2. The van der Waals surface area contributed by atoms with Crippen LogP contribution in [0.4, 0.5) is 4.39 Å². The Morgan fingerprint density at radius 1 is 1.45 bits per heavy atom. The van der Waals surface area contributed by atoms with E-state index in [1.807, 2.05) is 17.9 Å². The predicted molar refractivity (Wildman–Crippen MR) is 82.8 cm³/mol. The van der Waals surface area contributed by atoms with Crippen molar-refractivity contribution in [2.24, 2.45) is 0 Å². The number of nitrogens with zero attached hydrogens (tertiary/aromatic N) is 1. The minimum atomic E-state index is -0.279. The van der Waals surface area contributed by atoms with Crippen molar-refractivity contribution in [2.45, 2.75) is 45.1 Å². The Morgan fingerprint density at radius 3 is 2.91 bits per heavy atom. The predicted octanol–water partition coefficient (Wildman–Crippen LogP) is 2.28. The Balaban J connectivity index is 2.04. The summed E-state index contributed by atoms with van der Waals surface area (Å²) >= 11 is 0. The first-order valence-electron chi connectivity index (χ1n) is 7.90. The van der Waals surface area contributed by atoms with Gasteiger partial charge in [0.1, 0.15) is 5.82 Å². The van der Waals surface area contributed by atoms with Gasteiger partial charge in [-0.3, -0.25) is 9.59 Å². The molecule has 1 heterocycles. The Hall–Kier alpha value is -1.91. The van der Waals surface area contributed by atoms with Crippen molar-refractivity contribution in [1.82, 2.24) is 10.2 Å². The Morgan fingerprint density at radius 2 is 2.27 bits per heavy atom. The van der Waals surface area contributed by atoms with Gasteiger partial charge in [0.05, 0.1) is 6.04 Å². The molecule has 4 nitrogen and oxygen atoms in total. The highest BCUT2D eigenvalue weighted by atomic mass is 19.1. The molecule has 0 aliphatic carbocycles. The van der Waals surface area contributed by atoms with E-state index in [2.05, 4.69) is 5.32 Å². The van der Waals surface area contributed by atoms with Gasteiger partial charge in [0.25, 0.3) is 0 Å². The third kappa shape index (κ3) is 4.55. The van der Waals surface area contributed by atoms with Gasteiger partial charge in [-0.1, -0.05) is 19.1 Å². The lowest BCUT2D eigenvalue weighted by Crippen LogP contribution is -2.45. The fourth-order valence-corrected chi connectivity index (χ4v) is 2.83. The van der Waals surface area contributed by atoms with Crippen molar-refractivity contribution in [3.05, 3.63) is 35.6 Å². The lowest BCUT2D eigenvalue weighted by molar-refractivity contribution is -0.130. The fourth-order valence-electron chi connectivity index (χ4n) is 2.83. The quantitative estimate of drug-likeness (QED) is 0.840. The van der Waals surface area contributed by atoms with Crippen LogP contribution in [-0.4, -0.2) is 35.8 Å². The van der Waals surface area contributed by atoms with E-state index in [0.29, 0.717) is 32.4 Å². The summed E-state index contributed by atoms with van der Waals surface area (Å²) < 4.78 is 13.3. The third-order valence-corrected chi connectivity index (χ3v) is 3.92. The van der Waals surface area contributed by atoms with Crippen molar-refractivity contribution in [1.29, 1.82) is 0 Å². The van der Waals surface area contributed by atoms with Gasteiger partial charge in [-0.2, -0.15) is 0 Å². The van der Waals surface area contributed by atoms with E-state index in [0.717, 1.165) is 18.4 Å². The number of halogens is 1. The van der Waals surface area contributed by atoms with Crippen LogP contribution in [0.5, 0.6) is 0 Å². The first kappa shape index (κ1) is 16.5.